The van der Waals surface area contributed by atoms with Crippen molar-refractivity contribution in [1.82, 2.24) is 14.7 Å². The van der Waals surface area contributed by atoms with Crippen LogP contribution in [-0.4, -0.2) is 51.0 Å². The van der Waals surface area contributed by atoms with Gasteiger partial charge in [-0.05, 0) is 42.9 Å². The molecule has 6 heteroatoms. The summed E-state index contributed by atoms with van der Waals surface area (Å²) in [6, 6.07) is 7.98. The molecule has 1 aromatic heterocycles. The number of amides is 1. The molecule has 1 saturated carbocycles. The van der Waals surface area contributed by atoms with E-state index in [1.54, 1.807) is 9.58 Å². The molecule has 2 aromatic rings. The summed E-state index contributed by atoms with van der Waals surface area (Å²) in [5.41, 5.74) is 1.96. The largest absolute Gasteiger partial charge is 0.504 e. The minimum atomic E-state index is -0.226. The average molecular weight is 355 g/mol. The lowest BCUT2D eigenvalue weighted by atomic mass is 9.79. The molecule has 26 heavy (non-hydrogen) atoms. The summed E-state index contributed by atoms with van der Waals surface area (Å²) >= 11 is 0. The van der Waals surface area contributed by atoms with Crippen LogP contribution in [0, 0.1) is 0 Å². The van der Waals surface area contributed by atoms with Gasteiger partial charge in [0.2, 0.25) is 0 Å². The average Bonchev–Trinajstić information content (AvgIpc) is 3.01. The first-order valence-electron chi connectivity index (χ1n) is 9.30. The van der Waals surface area contributed by atoms with Gasteiger partial charge in [0.25, 0.3) is 5.91 Å². The van der Waals surface area contributed by atoms with E-state index in [0.29, 0.717) is 25.6 Å². The standard InChI is InChI=1S/C20H25N3O3/c1-14(2)15-5-3-6-16(11-15)23-12-17(24)18(21-23)19(25)22-9-10-26-20(13-22)7-4-8-20/h3,5-6,11-12,14,24H,4,7-10,13H2,1-2H3. The zero-order valence-electron chi connectivity index (χ0n) is 15.3. The van der Waals surface area contributed by atoms with Gasteiger partial charge in [-0.3, -0.25) is 4.79 Å². The topological polar surface area (TPSA) is 67.6 Å². The number of benzene rings is 1. The number of rotatable bonds is 3. The highest BCUT2D eigenvalue weighted by Gasteiger charge is 2.43. The van der Waals surface area contributed by atoms with Crippen LogP contribution in [0.4, 0.5) is 0 Å². The van der Waals surface area contributed by atoms with E-state index in [2.05, 4.69) is 25.0 Å². The first-order valence-corrected chi connectivity index (χ1v) is 9.30. The predicted molar refractivity (Wildman–Crippen MR) is 97.8 cm³/mol. The van der Waals surface area contributed by atoms with E-state index in [-0.39, 0.29) is 23.0 Å². The maximum absolute atomic E-state index is 12.9. The van der Waals surface area contributed by atoms with Crippen molar-refractivity contribution in [3.63, 3.8) is 0 Å². The van der Waals surface area contributed by atoms with E-state index < -0.39 is 0 Å². The minimum Gasteiger partial charge on any atom is -0.504 e. The molecular formula is C20H25N3O3. The number of aromatic hydroxyl groups is 1. The Morgan fingerprint density at radius 2 is 2.15 bits per heavy atom. The molecule has 0 atom stereocenters. The summed E-state index contributed by atoms with van der Waals surface area (Å²) in [6.45, 7) is 5.92. The van der Waals surface area contributed by atoms with E-state index in [4.69, 9.17) is 4.74 Å². The van der Waals surface area contributed by atoms with Crippen molar-refractivity contribution in [2.75, 3.05) is 19.7 Å². The molecular weight excluding hydrogens is 330 g/mol. The van der Waals surface area contributed by atoms with Gasteiger partial charge in [-0.25, -0.2) is 4.68 Å². The van der Waals surface area contributed by atoms with Crippen LogP contribution in [0.2, 0.25) is 0 Å². The number of ether oxygens (including phenoxy) is 1. The molecule has 6 nitrogen and oxygen atoms in total. The van der Waals surface area contributed by atoms with Crippen molar-refractivity contribution in [3.8, 4) is 11.4 Å². The zero-order valence-corrected chi connectivity index (χ0v) is 15.3. The highest BCUT2D eigenvalue weighted by molar-refractivity contribution is 5.95. The molecule has 1 aromatic carbocycles. The number of hydrogen-bond donors (Lipinski definition) is 1. The van der Waals surface area contributed by atoms with Crippen molar-refractivity contribution in [2.45, 2.75) is 44.6 Å². The fraction of sp³-hybridized carbons (Fsp3) is 0.500. The third-order valence-corrected chi connectivity index (χ3v) is 5.50. The van der Waals surface area contributed by atoms with Gasteiger partial charge in [-0.2, -0.15) is 5.10 Å². The Hall–Kier alpha value is -2.34. The Bertz CT molecular complexity index is 823. The van der Waals surface area contributed by atoms with Gasteiger partial charge in [-0.15, -0.1) is 0 Å². The molecule has 138 valence electrons. The fourth-order valence-corrected chi connectivity index (χ4v) is 3.72. The van der Waals surface area contributed by atoms with Crippen LogP contribution < -0.4 is 0 Å². The predicted octanol–water partition coefficient (Wildman–Crippen LogP) is 3.10. The van der Waals surface area contributed by atoms with Crippen LogP contribution in [0.1, 0.15) is 55.1 Å². The van der Waals surface area contributed by atoms with Gasteiger partial charge >= 0.3 is 0 Å². The molecule has 1 amide bonds. The van der Waals surface area contributed by atoms with E-state index in [1.807, 2.05) is 18.2 Å². The van der Waals surface area contributed by atoms with Crippen LogP contribution in [-0.2, 0) is 4.74 Å². The Balaban J connectivity index is 1.58. The minimum absolute atomic E-state index is 0.0842. The molecule has 1 N–H and O–H groups in total. The first kappa shape index (κ1) is 17.1. The van der Waals surface area contributed by atoms with Crippen molar-refractivity contribution in [3.05, 3.63) is 41.7 Å². The van der Waals surface area contributed by atoms with Gasteiger partial charge in [-0.1, -0.05) is 26.0 Å². The Morgan fingerprint density at radius 3 is 2.85 bits per heavy atom. The monoisotopic (exact) mass is 355 g/mol. The number of carbonyl (C=O) groups is 1. The summed E-state index contributed by atoms with van der Waals surface area (Å²) in [4.78, 5) is 14.7. The van der Waals surface area contributed by atoms with Gasteiger partial charge in [0.15, 0.2) is 11.4 Å². The molecule has 0 bridgehead atoms. The second kappa shape index (κ2) is 6.43. The van der Waals surface area contributed by atoms with E-state index >= 15 is 0 Å². The Kier molecular flexibility index (Phi) is 4.23. The van der Waals surface area contributed by atoms with E-state index in [9.17, 15) is 9.90 Å². The van der Waals surface area contributed by atoms with Crippen molar-refractivity contribution >= 4 is 5.91 Å². The maximum atomic E-state index is 12.9. The number of carbonyl (C=O) groups excluding carboxylic acids is 1. The lowest BCUT2D eigenvalue weighted by Gasteiger charge is -2.48. The molecule has 0 unspecified atom stereocenters. The lowest BCUT2D eigenvalue weighted by molar-refractivity contribution is -0.142. The van der Waals surface area contributed by atoms with Crippen molar-refractivity contribution in [1.29, 1.82) is 0 Å². The summed E-state index contributed by atoms with van der Waals surface area (Å²) in [6.07, 6.45) is 4.65. The van der Waals surface area contributed by atoms with Gasteiger partial charge in [0.05, 0.1) is 30.6 Å². The number of morpholine rings is 1. The smallest absolute Gasteiger partial charge is 0.278 e. The third kappa shape index (κ3) is 2.98. The molecule has 1 spiro atoms. The Morgan fingerprint density at radius 1 is 1.35 bits per heavy atom. The zero-order chi connectivity index (χ0) is 18.3. The Labute approximate surface area is 153 Å². The summed E-state index contributed by atoms with van der Waals surface area (Å²) in [5.74, 6) is 0.0853. The molecule has 2 aliphatic rings. The summed E-state index contributed by atoms with van der Waals surface area (Å²) < 4.78 is 7.45. The second-order valence-electron chi connectivity index (χ2n) is 7.67. The van der Waals surface area contributed by atoms with Crippen molar-refractivity contribution < 1.29 is 14.6 Å². The normalized spacial score (nSPS) is 19.0. The van der Waals surface area contributed by atoms with Crippen molar-refractivity contribution in [2.24, 2.45) is 0 Å². The van der Waals surface area contributed by atoms with Gasteiger partial charge in [0.1, 0.15) is 0 Å². The van der Waals surface area contributed by atoms with Crippen LogP contribution in [0.5, 0.6) is 5.75 Å². The lowest BCUT2D eigenvalue weighted by Crippen LogP contribution is -2.57. The molecule has 1 aliphatic carbocycles. The maximum Gasteiger partial charge on any atom is 0.278 e. The van der Waals surface area contributed by atoms with Crippen LogP contribution in [0.15, 0.2) is 30.5 Å². The fourth-order valence-electron chi connectivity index (χ4n) is 3.72. The van der Waals surface area contributed by atoms with E-state index in [1.165, 1.54) is 11.8 Å². The van der Waals surface area contributed by atoms with Crippen LogP contribution >= 0.6 is 0 Å². The van der Waals surface area contributed by atoms with Gasteiger partial charge < -0.3 is 14.7 Å². The highest BCUT2D eigenvalue weighted by atomic mass is 16.5. The van der Waals surface area contributed by atoms with Crippen LogP contribution in [0.25, 0.3) is 5.69 Å². The quantitative estimate of drug-likeness (QED) is 0.919. The number of aromatic nitrogens is 2. The number of nitrogens with zero attached hydrogens (tertiary/aromatic N) is 3. The third-order valence-electron chi connectivity index (χ3n) is 5.50. The first-order chi connectivity index (χ1) is 12.5. The molecule has 0 radical (unpaired) electrons. The molecule has 2 heterocycles. The number of hydrogen-bond acceptors (Lipinski definition) is 4. The highest BCUT2D eigenvalue weighted by Crippen LogP contribution is 2.38. The molecule has 4 rings (SSSR count). The summed E-state index contributed by atoms with van der Waals surface area (Å²) in [7, 11) is 0. The molecule has 1 saturated heterocycles. The second-order valence-corrected chi connectivity index (χ2v) is 7.67. The molecule has 2 fully saturated rings. The molecule has 1 aliphatic heterocycles. The summed E-state index contributed by atoms with van der Waals surface area (Å²) in [5, 5.41) is 14.7. The van der Waals surface area contributed by atoms with Crippen LogP contribution in [0.3, 0.4) is 0 Å². The SMILES string of the molecule is CC(C)c1cccc(-n2cc(O)c(C(=O)N3CCOC4(CCC4)C3)n2)c1. The van der Waals surface area contributed by atoms with Gasteiger partial charge in [0, 0.05) is 6.54 Å². The van der Waals surface area contributed by atoms with E-state index in [0.717, 1.165) is 24.9 Å².